The molecule has 19 heavy (non-hydrogen) atoms. The molecule has 3 heteroatoms. The van der Waals surface area contributed by atoms with Gasteiger partial charge in [0.05, 0.1) is 6.04 Å². The van der Waals surface area contributed by atoms with Gasteiger partial charge in [-0.25, -0.2) is 4.39 Å². The molecule has 0 amide bonds. The Morgan fingerprint density at radius 3 is 2.58 bits per heavy atom. The maximum absolute atomic E-state index is 13.5. The topological polar surface area (TPSA) is 12.0 Å². The van der Waals surface area contributed by atoms with E-state index in [-0.39, 0.29) is 11.9 Å². The van der Waals surface area contributed by atoms with Crippen LogP contribution in [-0.4, -0.2) is 6.54 Å². The monoisotopic (exact) mass is 277 g/mol. The van der Waals surface area contributed by atoms with E-state index >= 15 is 0 Å². The van der Waals surface area contributed by atoms with Crippen molar-refractivity contribution in [2.75, 3.05) is 6.54 Å². The zero-order valence-corrected chi connectivity index (χ0v) is 11.6. The average Bonchev–Trinajstić information content (AvgIpc) is 2.44. The van der Waals surface area contributed by atoms with Gasteiger partial charge in [-0.3, -0.25) is 0 Å². The molecule has 1 atom stereocenters. The fourth-order valence-corrected chi connectivity index (χ4v) is 2.30. The van der Waals surface area contributed by atoms with Gasteiger partial charge >= 0.3 is 0 Å². The summed E-state index contributed by atoms with van der Waals surface area (Å²) in [5.41, 5.74) is 1.87. The van der Waals surface area contributed by atoms with Crippen molar-refractivity contribution in [3.05, 3.63) is 70.5 Å². The summed E-state index contributed by atoms with van der Waals surface area (Å²) in [5.74, 6) is -0.265. The molecular formula is C16H17ClFN. The summed E-state index contributed by atoms with van der Waals surface area (Å²) in [4.78, 5) is 0. The number of hydrogen-bond acceptors (Lipinski definition) is 1. The van der Waals surface area contributed by atoms with E-state index in [0.717, 1.165) is 24.1 Å². The summed E-state index contributed by atoms with van der Waals surface area (Å²) < 4.78 is 13.5. The van der Waals surface area contributed by atoms with Gasteiger partial charge in [0.1, 0.15) is 5.82 Å². The minimum atomic E-state index is -0.265. The van der Waals surface area contributed by atoms with Gasteiger partial charge in [0, 0.05) is 5.02 Å². The fourth-order valence-electron chi connectivity index (χ4n) is 2.08. The van der Waals surface area contributed by atoms with Crippen LogP contribution in [0.5, 0.6) is 0 Å². The first-order valence-corrected chi connectivity index (χ1v) is 6.83. The quantitative estimate of drug-likeness (QED) is 0.844. The molecule has 2 rings (SSSR count). The van der Waals surface area contributed by atoms with Crippen LogP contribution in [0.3, 0.4) is 0 Å². The Bertz CT molecular complexity index is 528. The molecule has 1 N–H and O–H groups in total. The number of halogens is 2. The van der Waals surface area contributed by atoms with Crippen molar-refractivity contribution in [2.45, 2.75) is 19.4 Å². The number of rotatable bonds is 5. The third kappa shape index (κ3) is 3.55. The van der Waals surface area contributed by atoms with Gasteiger partial charge < -0.3 is 5.32 Å². The highest BCUT2D eigenvalue weighted by Crippen LogP contribution is 2.29. The minimum Gasteiger partial charge on any atom is -0.306 e. The van der Waals surface area contributed by atoms with Crippen molar-refractivity contribution in [3.63, 3.8) is 0 Å². The van der Waals surface area contributed by atoms with Gasteiger partial charge in [-0.15, -0.1) is 0 Å². The highest BCUT2D eigenvalue weighted by Gasteiger charge is 2.16. The van der Waals surface area contributed by atoms with E-state index in [4.69, 9.17) is 11.6 Å². The highest BCUT2D eigenvalue weighted by molar-refractivity contribution is 6.31. The van der Waals surface area contributed by atoms with Crippen LogP contribution in [0.25, 0.3) is 0 Å². The molecule has 0 aromatic heterocycles. The van der Waals surface area contributed by atoms with Crippen LogP contribution in [0.15, 0.2) is 48.5 Å². The molecule has 0 bridgehead atoms. The first-order chi connectivity index (χ1) is 9.22. The molecular weight excluding hydrogens is 261 g/mol. The van der Waals surface area contributed by atoms with Crippen LogP contribution in [0.4, 0.5) is 4.39 Å². The minimum absolute atomic E-state index is 0.0793. The first kappa shape index (κ1) is 14.0. The molecule has 0 aliphatic rings. The number of hydrogen-bond donors (Lipinski definition) is 1. The van der Waals surface area contributed by atoms with E-state index in [1.165, 1.54) is 12.1 Å². The molecule has 1 unspecified atom stereocenters. The van der Waals surface area contributed by atoms with E-state index in [0.29, 0.717) is 5.02 Å². The van der Waals surface area contributed by atoms with Gasteiger partial charge in [0.15, 0.2) is 0 Å². The Morgan fingerprint density at radius 2 is 1.89 bits per heavy atom. The van der Waals surface area contributed by atoms with Crippen molar-refractivity contribution in [1.29, 1.82) is 0 Å². The van der Waals surface area contributed by atoms with Crippen molar-refractivity contribution in [3.8, 4) is 0 Å². The molecule has 2 aromatic carbocycles. The lowest BCUT2D eigenvalue weighted by molar-refractivity contribution is 0.585. The Morgan fingerprint density at radius 1 is 1.16 bits per heavy atom. The highest BCUT2D eigenvalue weighted by atomic mass is 35.5. The normalized spacial score (nSPS) is 12.4. The lowest BCUT2D eigenvalue weighted by Gasteiger charge is -2.20. The van der Waals surface area contributed by atoms with E-state index in [1.807, 2.05) is 30.3 Å². The molecule has 0 aliphatic heterocycles. The molecule has 0 saturated carbocycles. The zero-order valence-electron chi connectivity index (χ0n) is 10.9. The average molecular weight is 278 g/mol. The Kier molecular flexibility index (Phi) is 4.94. The van der Waals surface area contributed by atoms with E-state index in [1.54, 1.807) is 6.07 Å². The molecule has 100 valence electrons. The number of benzene rings is 2. The van der Waals surface area contributed by atoms with Crippen LogP contribution in [0, 0.1) is 5.82 Å². The summed E-state index contributed by atoms with van der Waals surface area (Å²) in [5, 5.41) is 4.00. The Hall–Kier alpha value is -1.38. The summed E-state index contributed by atoms with van der Waals surface area (Å²) in [6.07, 6.45) is 1.01. The zero-order chi connectivity index (χ0) is 13.7. The van der Waals surface area contributed by atoms with Crippen LogP contribution in [-0.2, 0) is 0 Å². The van der Waals surface area contributed by atoms with Crippen molar-refractivity contribution in [1.82, 2.24) is 5.32 Å². The maximum atomic E-state index is 13.5. The summed E-state index contributed by atoms with van der Waals surface area (Å²) in [6.45, 7) is 2.95. The second-order valence-electron chi connectivity index (χ2n) is 4.46. The predicted molar refractivity (Wildman–Crippen MR) is 78.0 cm³/mol. The molecule has 0 radical (unpaired) electrons. The third-order valence-corrected chi connectivity index (χ3v) is 3.34. The smallest absolute Gasteiger partial charge is 0.123 e. The van der Waals surface area contributed by atoms with E-state index in [2.05, 4.69) is 12.2 Å². The van der Waals surface area contributed by atoms with Gasteiger partial charge in [0.25, 0.3) is 0 Å². The van der Waals surface area contributed by atoms with Gasteiger partial charge in [-0.1, -0.05) is 48.9 Å². The maximum Gasteiger partial charge on any atom is 0.123 e. The van der Waals surface area contributed by atoms with Gasteiger partial charge in [-0.05, 0) is 42.3 Å². The molecule has 0 fully saturated rings. The molecule has 0 spiro atoms. The summed E-state index contributed by atoms with van der Waals surface area (Å²) in [6, 6.07) is 14.4. The van der Waals surface area contributed by atoms with Crippen LogP contribution in [0.1, 0.15) is 30.5 Å². The van der Waals surface area contributed by atoms with E-state index < -0.39 is 0 Å². The molecule has 0 saturated heterocycles. The first-order valence-electron chi connectivity index (χ1n) is 6.45. The van der Waals surface area contributed by atoms with Crippen molar-refractivity contribution in [2.24, 2.45) is 0 Å². The van der Waals surface area contributed by atoms with Gasteiger partial charge in [0.2, 0.25) is 0 Å². The van der Waals surface area contributed by atoms with Crippen molar-refractivity contribution < 1.29 is 4.39 Å². The molecule has 0 aliphatic carbocycles. The standard InChI is InChI=1S/C16H17ClFN/c1-2-10-19-16(12-6-4-3-5-7-12)14-11-13(18)8-9-15(14)17/h3-9,11,16,19H,2,10H2,1H3. The Balaban J connectivity index is 2.40. The summed E-state index contributed by atoms with van der Waals surface area (Å²) in [7, 11) is 0. The van der Waals surface area contributed by atoms with Gasteiger partial charge in [-0.2, -0.15) is 0 Å². The number of nitrogens with one attached hydrogen (secondary N) is 1. The SMILES string of the molecule is CCCNC(c1ccccc1)c1cc(F)ccc1Cl. The van der Waals surface area contributed by atoms with Crippen molar-refractivity contribution >= 4 is 11.6 Å². The second-order valence-corrected chi connectivity index (χ2v) is 4.87. The molecule has 2 aromatic rings. The largest absolute Gasteiger partial charge is 0.306 e. The predicted octanol–water partition coefficient (Wildman–Crippen LogP) is 4.57. The Labute approximate surface area is 118 Å². The molecule has 1 nitrogen and oxygen atoms in total. The molecule has 0 heterocycles. The fraction of sp³-hybridized carbons (Fsp3) is 0.250. The van der Waals surface area contributed by atoms with Crippen LogP contribution < -0.4 is 5.32 Å². The lowest BCUT2D eigenvalue weighted by atomic mass is 9.98. The van der Waals surface area contributed by atoms with Crippen LogP contribution in [0.2, 0.25) is 5.02 Å². The second kappa shape index (κ2) is 6.69. The van der Waals surface area contributed by atoms with E-state index in [9.17, 15) is 4.39 Å². The summed E-state index contributed by atoms with van der Waals surface area (Å²) >= 11 is 6.21. The lowest BCUT2D eigenvalue weighted by Crippen LogP contribution is -2.23. The van der Waals surface area contributed by atoms with Crippen LogP contribution >= 0.6 is 11.6 Å². The third-order valence-electron chi connectivity index (χ3n) is 3.00.